The van der Waals surface area contributed by atoms with Crippen LogP contribution in [0, 0.1) is 5.92 Å². The first-order valence-electron chi connectivity index (χ1n) is 15.4. The zero-order valence-corrected chi connectivity index (χ0v) is 33.1. The minimum Gasteiger partial charge on any atom is -0.380 e. The van der Waals surface area contributed by atoms with Crippen LogP contribution in [0.5, 0.6) is 0 Å². The van der Waals surface area contributed by atoms with Gasteiger partial charge in [0.05, 0.1) is 36.1 Å². The quantitative estimate of drug-likeness (QED) is 0.168. The molecule has 0 unspecified atom stereocenters. The molecule has 44 heavy (non-hydrogen) atoms. The van der Waals surface area contributed by atoms with Gasteiger partial charge < -0.3 is 18.9 Å². The van der Waals surface area contributed by atoms with Crippen LogP contribution >= 0.6 is 23.5 Å². The molecule has 0 spiro atoms. The highest BCUT2D eigenvalue weighted by atomic mass is 32.2. The average molecular weight is 669 g/mol. The fourth-order valence-corrected chi connectivity index (χ4v) is 4.29. The summed E-state index contributed by atoms with van der Waals surface area (Å²) < 4.78 is 21.7. The smallest absolute Gasteiger partial charge is 0.185 e. The third-order valence-corrected chi connectivity index (χ3v) is 6.04. The molecule has 0 aromatic carbocycles. The van der Waals surface area contributed by atoms with Gasteiger partial charge in [0.15, 0.2) is 16.0 Å². The second kappa shape index (κ2) is 25.3. The Morgan fingerprint density at radius 1 is 0.636 bits per heavy atom. The molecule has 0 saturated heterocycles. The van der Waals surface area contributed by atoms with Crippen molar-refractivity contribution in [3.8, 4) is 0 Å². The molecule has 10 heteroatoms. The molecule has 0 atom stereocenters. The summed E-state index contributed by atoms with van der Waals surface area (Å²) in [5.74, 6) is 2.37. The number of ether oxygens (including phenoxy) is 4. The maximum atomic E-state index is 11.0. The molecule has 0 saturated carbocycles. The van der Waals surface area contributed by atoms with Crippen LogP contribution in [0.2, 0.25) is 0 Å². The maximum Gasteiger partial charge on any atom is 0.185 e. The van der Waals surface area contributed by atoms with Gasteiger partial charge >= 0.3 is 0 Å². The molecule has 264 valence electrons. The molecule has 0 amide bonds. The summed E-state index contributed by atoms with van der Waals surface area (Å²) >= 11 is 2.63. The van der Waals surface area contributed by atoms with Crippen molar-refractivity contribution in [2.45, 2.75) is 160 Å². The molecule has 0 heterocycles. The van der Waals surface area contributed by atoms with Crippen LogP contribution in [0.15, 0.2) is 0 Å². The van der Waals surface area contributed by atoms with E-state index >= 15 is 0 Å². The lowest BCUT2D eigenvalue weighted by molar-refractivity contribution is -0.155. The standard InChI is InChI=1S/C10H20O2.C9H18O2.C8H16O2S.C7H14O2S/c1-8(11)7-10(5,6)12-9(2,3)4;1-7(10)9(5,6)11-8(2,3)4;1-7(2)6-10-4-5-11-8(3)9;1-6(2)9-4-5-10-7(3)8/h7H2,1-6H3;1-6H3;7H,4-6H2,1-3H3;6H,4-5H2,1-3H3. The molecule has 0 aliphatic rings. The topological polar surface area (TPSA) is 105 Å². The van der Waals surface area contributed by atoms with Crippen molar-refractivity contribution in [3.63, 3.8) is 0 Å². The Balaban J connectivity index is -0.000000243. The molecule has 0 aromatic rings. The Labute approximate surface area is 279 Å². The molecule has 0 aromatic heterocycles. The number of thioether (sulfide) groups is 2. The maximum absolute atomic E-state index is 11.0. The van der Waals surface area contributed by atoms with Gasteiger partial charge in [-0.15, -0.1) is 0 Å². The first-order valence-corrected chi connectivity index (χ1v) is 17.4. The highest BCUT2D eigenvalue weighted by Gasteiger charge is 2.30. The first-order chi connectivity index (χ1) is 19.5. The lowest BCUT2D eigenvalue weighted by atomic mass is 10.0. The Kier molecular flexibility index (Phi) is 28.8. The van der Waals surface area contributed by atoms with E-state index in [2.05, 4.69) is 13.8 Å². The predicted molar refractivity (Wildman–Crippen MR) is 189 cm³/mol. The zero-order valence-electron chi connectivity index (χ0n) is 31.5. The van der Waals surface area contributed by atoms with Gasteiger partial charge in [-0.05, 0) is 103 Å². The van der Waals surface area contributed by atoms with E-state index in [0.29, 0.717) is 25.6 Å². The monoisotopic (exact) mass is 668 g/mol. The van der Waals surface area contributed by atoms with E-state index < -0.39 is 5.60 Å². The van der Waals surface area contributed by atoms with E-state index in [4.69, 9.17) is 18.9 Å². The number of Topliss-reactive ketones (excluding diaryl/α,β-unsaturated/α-hetero) is 2. The number of hydrogen-bond acceptors (Lipinski definition) is 10. The van der Waals surface area contributed by atoms with E-state index in [1.807, 2.05) is 69.2 Å². The van der Waals surface area contributed by atoms with Gasteiger partial charge in [-0.1, -0.05) is 37.4 Å². The fraction of sp³-hybridized carbons (Fsp3) is 0.882. The SMILES string of the molecule is CC(=O)C(C)(C)OC(C)(C)C.CC(=O)CC(C)(C)OC(C)(C)C.CC(=O)SCCOC(C)C.CC(=O)SCCOCC(C)C. The molecule has 0 aliphatic heterocycles. The highest BCUT2D eigenvalue weighted by molar-refractivity contribution is 8.13. The summed E-state index contributed by atoms with van der Waals surface area (Å²) in [5, 5.41) is 0.325. The Bertz CT molecular complexity index is 792. The van der Waals surface area contributed by atoms with Crippen molar-refractivity contribution in [1.29, 1.82) is 0 Å². The van der Waals surface area contributed by atoms with E-state index in [1.165, 1.54) is 23.5 Å². The van der Waals surface area contributed by atoms with Crippen molar-refractivity contribution < 1.29 is 38.1 Å². The molecular formula is C34H68O8S2. The van der Waals surface area contributed by atoms with Crippen LogP contribution < -0.4 is 0 Å². The van der Waals surface area contributed by atoms with Crippen molar-refractivity contribution in [2.75, 3.05) is 31.3 Å². The molecule has 0 fully saturated rings. The number of carbonyl (C=O) groups is 4. The average Bonchev–Trinajstić information content (AvgIpc) is 2.73. The Hall–Kier alpha value is -0.780. The second-order valence-electron chi connectivity index (χ2n) is 14.2. The van der Waals surface area contributed by atoms with Crippen LogP contribution in [0.1, 0.15) is 131 Å². The van der Waals surface area contributed by atoms with E-state index in [0.717, 1.165) is 18.1 Å². The van der Waals surface area contributed by atoms with E-state index in [-0.39, 0.29) is 44.7 Å². The summed E-state index contributed by atoms with van der Waals surface area (Å²) in [5.41, 5.74) is -1.43. The summed E-state index contributed by atoms with van der Waals surface area (Å²) in [6.45, 7) is 35.9. The molecule has 0 bridgehead atoms. The van der Waals surface area contributed by atoms with Crippen LogP contribution in [0.3, 0.4) is 0 Å². The lowest BCUT2D eigenvalue weighted by Crippen LogP contribution is -2.40. The van der Waals surface area contributed by atoms with E-state index in [1.54, 1.807) is 41.5 Å². The lowest BCUT2D eigenvalue weighted by Gasteiger charge is -2.33. The van der Waals surface area contributed by atoms with Gasteiger partial charge in [0.25, 0.3) is 0 Å². The van der Waals surface area contributed by atoms with Crippen LogP contribution in [-0.4, -0.2) is 81.6 Å². The first kappa shape index (κ1) is 50.1. The number of rotatable bonds is 14. The second-order valence-corrected chi connectivity index (χ2v) is 16.7. The summed E-state index contributed by atoms with van der Waals surface area (Å²) in [4.78, 5) is 42.7. The minimum atomic E-state index is -0.655. The summed E-state index contributed by atoms with van der Waals surface area (Å²) in [6.07, 6.45) is 0.747. The highest BCUT2D eigenvalue weighted by Crippen LogP contribution is 2.23. The minimum absolute atomic E-state index is 0.0624. The van der Waals surface area contributed by atoms with Gasteiger partial charge in [0.2, 0.25) is 0 Å². The van der Waals surface area contributed by atoms with Gasteiger partial charge in [-0.2, -0.15) is 0 Å². The third kappa shape index (κ3) is 48.1. The molecule has 0 radical (unpaired) electrons. The molecule has 0 rings (SSSR count). The molecule has 0 aliphatic carbocycles. The van der Waals surface area contributed by atoms with Gasteiger partial charge in [0.1, 0.15) is 11.4 Å². The normalized spacial score (nSPS) is 11.9. The summed E-state index contributed by atoms with van der Waals surface area (Å²) in [6, 6.07) is 0. The number of ketones is 2. The van der Waals surface area contributed by atoms with Crippen LogP contribution in [0.4, 0.5) is 0 Å². The van der Waals surface area contributed by atoms with Gasteiger partial charge in [-0.3, -0.25) is 19.2 Å². The molecular weight excluding hydrogens is 601 g/mol. The van der Waals surface area contributed by atoms with Crippen LogP contribution in [0.25, 0.3) is 0 Å². The summed E-state index contributed by atoms with van der Waals surface area (Å²) in [7, 11) is 0. The zero-order chi connectivity index (χ0) is 35.9. The van der Waals surface area contributed by atoms with Crippen molar-refractivity contribution in [1.82, 2.24) is 0 Å². The van der Waals surface area contributed by atoms with Gasteiger partial charge in [0, 0.05) is 38.4 Å². The van der Waals surface area contributed by atoms with Crippen molar-refractivity contribution in [2.24, 2.45) is 5.92 Å². The molecule has 0 N–H and O–H groups in total. The molecule has 8 nitrogen and oxygen atoms in total. The number of carbonyl (C=O) groups excluding carboxylic acids is 4. The van der Waals surface area contributed by atoms with Crippen molar-refractivity contribution >= 4 is 45.3 Å². The Morgan fingerprint density at radius 3 is 1.32 bits per heavy atom. The fourth-order valence-electron chi connectivity index (χ4n) is 3.33. The largest absolute Gasteiger partial charge is 0.380 e. The predicted octanol–water partition coefficient (Wildman–Crippen LogP) is 8.36. The Morgan fingerprint density at radius 2 is 1.05 bits per heavy atom. The van der Waals surface area contributed by atoms with Crippen LogP contribution in [-0.2, 0) is 38.1 Å². The van der Waals surface area contributed by atoms with Crippen molar-refractivity contribution in [3.05, 3.63) is 0 Å². The van der Waals surface area contributed by atoms with Gasteiger partial charge in [-0.25, -0.2) is 0 Å². The number of hydrogen-bond donors (Lipinski definition) is 0. The third-order valence-electron chi connectivity index (χ3n) is 4.49. The van der Waals surface area contributed by atoms with E-state index in [9.17, 15) is 19.2 Å².